The Morgan fingerprint density at radius 2 is 1.70 bits per heavy atom. The van der Waals surface area contributed by atoms with E-state index in [4.69, 9.17) is 4.74 Å². The maximum absolute atomic E-state index is 13.2. The van der Waals surface area contributed by atoms with Crippen LogP contribution in [0.5, 0.6) is 0 Å². The highest BCUT2D eigenvalue weighted by Gasteiger charge is 2.21. The van der Waals surface area contributed by atoms with Gasteiger partial charge in [0.15, 0.2) is 6.61 Å². The van der Waals surface area contributed by atoms with Crippen molar-refractivity contribution in [3.8, 4) is 0 Å². The third-order valence-corrected chi connectivity index (χ3v) is 7.12. The fraction of sp³-hybridized carbons (Fsp3) is 0.250. The summed E-state index contributed by atoms with van der Waals surface area (Å²) < 4.78 is 45.8. The number of nitrogens with zero attached hydrogens (tertiary/aromatic N) is 2. The summed E-state index contributed by atoms with van der Waals surface area (Å²) in [6.07, 6.45) is 0. The summed E-state index contributed by atoms with van der Waals surface area (Å²) in [6.45, 7) is 3.64. The minimum absolute atomic E-state index is 0.0347. The molecule has 9 heteroatoms. The van der Waals surface area contributed by atoms with Gasteiger partial charge in [-0.15, -0.1) is 0 Å². The number of hydrogen-bond acceptors (Lipinski definition) is 5. The zero-order valence-electron chi connectivity index (χ0n) is 18.8. The maximum atomic E-state index is 13.2. The Kier molecular flexibility index (Phi) is 7.14. The first kappa shape index (κ1) is 24.3. The number of carbonyl (C=O) groups is 2. The number of rotatable bonds is 8. The van der Waals surface area contributed by atoms with Crippen LogP contribution >= 0.6 is 0 Å². The van der Waals surface area contributed by atoms with Crippen LogP contribution in [0.3, 0.4) is 0 Å². The molecule has 0 aliphatic carbocycles. The van der Waals surface area contributed by atoms with Crippen LogP contribution in [0, 0.1) is 19.7 Å². The summed E-state index contributed by atoms with van der Waals surface area (Å²) in [6, 6.07) is 13.3. The quantitative estimate of drug-likeness (QED) is 0.370. The molecule has 174 valence electrons. The summed E-state index contributed by atoms with van der Waals surface area (Å²) in [5.74, 6) is -1.49. The zero-order chi connectivity index (χ0) is 24.3. The smallest absolute Gasteiger partial charge is 0.338 e. The van der Waals surface area contributed by atoms with Gasteiger partial charge >= 0.3 is 5.97 Å². The largest absolute Gasteiger partial charge is 0.454 e. The Morgan fingerprint density at radius 1 is 1.03 bits per heavy atom. The van der Waals surface area contributed by atoms with Crippen LogP contribution in [0.2, 0.25) is 0 Å². The Morgan fingerprint density at radius 3 is 2.33 bits per heavy atom. The van der Waals surface area contributed by atoms with Crippen LogP contribution in [-0.2, 0) is 21.3 Å². The maximum Gasteiger partial charge on any atom is 0.338 e. The van der Waals surface area contributed by atoms with E-state index in [2.05, 4.69) is 0 Å². The second-order valence-corrected chi connectivity index (χ2v) is 9.96. The van der Waals surface area contributed by atoms with Gasteiger partial charge in [0.2, 0.25) is 15.8 Å². The molecule has 0 fully saturated rings. The summed E-state index contributed by atoms with van der Waals surface area (Å²) in [5.41, 5.74) is 2.89. The van der Waals surface area contributed by atoms with E-state index >= 15 is 0 Å². The number of halogens is 1. The van der Waals surface area contributed by atoms with Crippen LogP contribution in [0.15, 0.2) is 59.5 Å². The van der Waals surface area contributed by atoms with Crippen LogP contribution in [0.25, 0.3) is 0 Å². The Labute approximate surface area is 192 Å². The molecule has 0 saturated carbocycles. The monoisotopic (exact) mass is 472 g/mol. The molecule has 1 aromatic heterocycles. The van der Waals surface area contributed by atoms with E-state index in [0.29, 0.717) is 17.8 Å². The van der Waals surface area contributed by atoms with Gasteiger partial charge in [0, 0.05) is 37.6 Å². The molecule has 0 spiro atoms. The molecule has 0 radical (unpaired) electrons. The van der Waals surface area contributed by atoms with E-state index < -0.39 is 22.6 Å². The van der Waals surface area contributed by atoms with E-state index in [1.807, 2.05) is 11.5 Å². The van der Waals surface area contributed by atoms with Gasteiger partial charge in [-0.3, -0.25) is 4.79 Å². The van der Waals surface area contributed by atoms with Gasteiger partial charge in [-0.2, -0.15) is 0 Å². The number of aryl methyl sites for hydroxylation is 1. The molecule has 0 bridgehead atoms. The number of aromatic nitrogens is 1. The molecular weight excluding hydrogens is 447 g/mol. The Hall–Kier alpha value is -3.30. The third-order valence-electron chi connectivity index (χ3n) is 5.31. The van der Waals surface area contributed by atoms with Crippen molar-refractivity contribution < 1.29 is 27.1 Å². The molecule has 0 unspecified atom stereocenters. The molecule has 33 heavy (non-hydrogen) atoms. The number of carbonyl (C=O) groups excluding carboxylic acids is 2. The average molecular weight is 473 g/mol. The number of benzene rings is 2. The predicted molar refractivity (Wildman–Crippen MR) is 121 cm³/mol. The molecule has 0 atom stereocenters. The van der Waals surface area contributed by atoms with Crippen molar-refractivity contribution in [1.82, 2.24) is 8.87 Å². The molecule has 0 aliphatic heterocycles. The van der Waals surface area contributed by atoms with Gasteiger partial charge in [-0.1, -0.05) is 18.2 Å². The summed E-state index contributed by atoms with van der Waals surface area (Å²) in [7, 11) is -0.919. The molecule has 7 nitrogen and oxygen atoms in total. The van der Waals surface area contributed by atoms with Gasteiger partial charge in [0.05, 0.1) is 10.5 Å². The van der Waals surface area contributed by atoms with Crippen LogP contribution < -0.4 is 0 Å². The van der Waals surface area contributed by atoms with Crippen LogP contribution in [0.4, 0.5) is 4.39 Å². The van der Waals surface area contributed by atoms with Gasteiger partial charge in [0.1, 0.15) is 5.82 Å². The molecule has 0 saturated heterocycles. The van der Waals surface area contributed by atoms with E-state index in [1.165, 1.54) is 50.5 Å². The predicted octanol–water partition coefficient (Wildman–Crippen LogP) is 3.58. The highest BCUT2D eigenvalue weighted by atomic mass is 32.2. The Balaban J connectivity index is 1.71. The van der Waals surface area contributed by atoms with Crippen molar-refractivity contribution in [3.63, 3.8) is 0 Å². The van der Waals surface area contributed by atoms with Crippen molar-refractivity contribution in [1.29, 1.82) is 0 Å². The second-order valence-electron chi connectivity index (χ2n) is 7.81. The van der Waals surface area contributed by atoms with Crippen molar-refractivity contribution in [2.24, 2.45) is 0 Å². The minimum atomic E-state index is -3.71. The molecule has 3 rings (SSSR count). The highest BCUT2D eigenvalue weighted by Crippen LogP contribution is 2.19. The lowest BCUT2D eigenvalue weighted by molar-refractivity contribution is 0.0474. The van der Waals surface area contributed by atoms with Crippen LogP contribution in [0.1, 0.15) is 37.7 Å². The molecule has 0 amide bonds. The number of sulfonamides is 1. The molecular formula is C24H25FN2O5S. The first-order valence-electron chi connectivity index (χ1n) is 10.1. The number of hydrogen-bond donors (Lipinski definition) is 0. The lowest BCUT2D eigenvalue weighted by atomic mass is 10.1. The fourth-order valence-electron chi connectivity index (χ4n) is 3.39. The first-order valence-corrected chi connectivity index (χ1v) is 11.6. The highest BCUT2D eigenvalue weighted by molar-refractivity contribution is 7.89. The molecule has 0 N–H and O–H groups in total. The fourth-order valence-corrected chi connectivity index (χ4v) is 4.33. The molecule has 1 heterocycles. The van der Waals surface area contributed by atoms with Crippen molar-refractivity contribution in [2.45, 2.75) is 25.3 Å². The van der Waals surface area contributed by atoms with Gasteiger partial charge in [0.25, 0.3) is 0 Å². The summed E-state index contributed by atoms with van der Waals surface area (Å²) in [4.78, 5) is 25.1. The SMILES string of the molecule is Cc1cc(C(=O)COC(=O)c2cccc(S(=O)(=O)N(C)C)c2)c(C)n1Cc1ccc(F)cc1. The molecule has 2 aromatic carbocycles. The van der Waals surface area contributed by atoms with E-state index in [1.54, 1.807) is 25.1 Å². The number of ketones is 1. The number of Topliss-reactive ketones (excluding diaryl/α,β-unsaturated/α-hetero) is 1. The van der Waals surface area contributed by atoms with Crippen molar-refractivity contribution >= 4 is 21.8 Å². The van der Waals surface area contributed by atoms with Gasteiger partial charge in [-0.25, -0.2) is 21.9 Å². The Bertz CT molecular complexity index is 1290. The summed E-state index contributed by atoms with van der Waals surface area (Å²) in [5, 5.41) is 0. The van der Waals surface area contributed by atoms with Crippen molar-refractivity contribution in [2.75, 3.05) is 20.7 Å². The van der Waals surface area contributed by atoms with E-state index in [9.17, 15) is 22.4 Å². The topological polar surface area (TPSA) is 85.7 Å². The second kappa shape index (κ2) is 9.68. The van der Waals surface area contributed by atoms with E-state index in [0.717, 1.165) is 15.6 Å². The average Bonchev–Trinajstić information content (AvgIpc) is 3.07. The molecule has 3 aromatic rings. The first-order chi connectivity index (χ1) is 15.5. The van der Waals surface area contributed by atoms with Crippen LogP contribution in [-0.4, -0.2) is 49.7 Å². The zero-order valence-corrected chi connectivity index (χ0v) is 19.6. The third kappa shape index (κ3) is 5.37. The van der Waals surface area contributed by atoms with Gasteiger partial charge < -0.3 is 9.30 Å². The lowest BCUT2D eigenvalue weighted by Gasteiger charge is -2.12. The normalized spacial score (nSPS) is 11.6. The lowest BCUT2D eigenvalue weighted by Crippen LogP contribution is -2.22. The van der Waals surface area contributed by atoms with E-state index in [-0.39, 0.29) is 22.1 Å². The number of ether oxygens (including phenoxy) is 1. The standard InChI is InChI=1S/C24H25FN2O5S/c1-16-12-22(17(2)27(16)14-18-8-10-20(25)11-9-18)23(28)15-32-24(29)19-6-5-7-21(13-19)33(30,31)26(3)4/h5-13H,14-15H2,1-4H3. The number of esters is 1. The summed E-state index contributed by atoms with van der Waals surface area (Å²) >= 11 is 0. The molecule has 0 aliphatic rings. The van der Waals surface area contributed by atoms with Crippen molar-refractivity contribution in [3.05, 3.63) is 88.5 Å². The minimum Gasteiger partial charge on any atom is -0.454 e. The van der Waals surface area contributed by atoms with Gasteiger partial charge in [-0.05, 0) is 55.8 Å².